The van der Waals surface area contributed by atoms with Gasteiger partial charge in [-0.1, -0.05) is 12.1 Å². The fourth-order valence-corrected chi connectivity index (χ4v) is 3.24. The maximum atomic E-state index is 13.5. The molecule has 0 bridgehead atoms. The third kappa shape index (κ3) is 5.71. The van der Waals surface area contributed by atoms with Crippen LogP contribution in [0.15, 0.2) is 55.1 Å². The highest BCUT2D eigenvalue weighted by Gasteiger charge is 2.37. The molecule has 3 aromatic rings. The lowest BCUT2D eigenvalue weighted by molar-refractivity contribution is -0.139. The second-order valence-corrected chi connectivity index (χ2v) is 6.93. The van der Waals surface area contributed by atoms with Gasteiger partial charge in [0.05, 0.1) is 23.1 Å². The maximum absolute atomic E-state index is 13.5. The van der Waals surface area contributed by atoms with Crippen LogP contribution in [-0.4, -0.2) is 20.7 Å². The molecule has 0 radical (unpaired) electrons. The number of benzene rings is 1. The summed E-state index contributed by atoms with van der Waals surface area (Å²) in [5.74, 6) is -1.49. The Hall–Kier alpha value is -3.17. The molecule has 0 amide bonds. The van der Waals surface area contributed by atoms with Crippen LogP contribution >= 0.6 is 0 Å². The van der Waals surface area contributed by atoms with Crippen LogP contribution < -0.4 is 0 Å². The third-order valence-corrected chi connectivity index (χ3v) is 4.77. The molecule has 1 aromatic carbocycles. The number of nitrogens with zero attached hydrogens (tertiary/aromatic N) is 2. The van der Waals surface area contributed by atoms with Crippen LogP contribution in [0.25, 0.3) is 0 Å². The number of aromatic nitrogens is 3. The molecule has 31 heavy (non-hydrogen) atoms. The second kappa shape index (κ2) is 8.91. The van der Waals surface area contributed by atoms with Crippen molar-refractivity contribution in [3.8, 4) is 0 Å². The Kier molecular flexibility index (Phi) is 6.47. The monoisotopic (exact) mass is 441 g/mol. The number of imidazole rings is 1. The van der Waals surface area contributed by atoms with E-state index in [9.17, 15) is 31.1 Å². The minimum atomic E-state index is -4.73. The van der Waals surface area contributed by atoms with Crippen molar-refractivity contribution in [3.63, 3.8) is 0 Å². The summed E-state index contributed by atoms with van der Waals surface area (Å²) in [7, 11) is 0. The Labute approximate surface area is 173 Å². The maximum Gasteiger partial charge on any atom is 0.418 e. The number of H-pyrrole nitrogens is 1. The van der Waals surface area contributed by atoms with Gasteiger partial charge >= 0.3 is 12.4 Å². The standard InChI is InChI=1S/C21H17F6N3O/c22-20(23,24)14-5-3-13(4-6-14)17(10-16(31)8-7-15-11-28-12-30-15)19-18(21(25,26)27)2-1-9-29-19/h1-6,9,11-12,17H,7-8,10H2,(H,28,30)/t17-/m0/s1. The van der Waals surface area contributed by atoms with E-state index in [1.165, 1.54) is 12.5 Å². The number of Topliss-reactive ketones (excluding diaryl/α,β-unsaturated/α-hetero) is 1. The van der Waals surface area contributed by atoms with Gasteiger partial charge in [-0.25, -0.2) is 4.98 Å². The van der Waals surface area contributed by atoms with E-state index in [0.717, 1.165) is 42.6 Å². The number of pyridine rings is 1. The number of hydrogen-bond acceptors (Lipinski definition) is 3. The zero-order chi connectivity index (χ0) is 22.6. The highest BCUT2D eigenvalue weighted by molar-refractivity contribution is 5.80. The van der Waals surface area contributed by atoms with Gasteiger partial charge in [-0.2, -0.15) is 26.3 Å². The fraction of sp³-hybridized carbons (Fsp3) is 0.286. The van der Waals surface area contributed by atoms with E-state index in [-0.39, 0.29) is 24.2 Å². The average molecular weight is 441 g/mol. The molecule has 4 nitrogen and oxygen atoms in total. The summed E-state index contributed by atoms with van der Waals surface area (Å²) >= 11 is 0. The summed E-state index contributed by atoms with van der Waals surface area (Å²) < 4.78 is 79.3. The van der Waals surface area contributed by atoms with Gasteiger partial charge in [0.15, 0.2) is 0 Å². The number of ketones is 1. The Bertz CT molecular complexity index is 1010. The molecular weight excluding hydrogens is 424 g/mol. The van der Waals surface area contributed by atoms with Crippen molar-refractivity contribution >= 4 is 5.78 Å². The lowest BCUT2D eigenvalue weighted by Gasteiger charge is -2.21. The van der Waals surface area contributed by atoms with Gasteiger partial charge < -0.3 is 4.98 Å². The molecule has 2 heterocycles. The number of carbonyl (C=O) groups is 1. The van der Waals surface area contributed by atoms with Crippen molar-refractivity contribution in [2.24, 2.45) is 0 Å². The number of halogens is 6. The van der Waals surface area contributed by atoms with Crippen LogP contribution in [0.4, 0.5) is 26.3 Å². The molecule has 10 heteroatoms. The van der Waals surface area contributed by atoms with E-state index in [1.807, 2.05) is 0 Å². The van der Waals surface area contributed by atoms with Crippen molar-refractivity contribution in [2.45, 2.75) is 37.5 Å². The van der Waals surface area contributed by atoms with Gasteiger partial charge in [0.1, 0.15) is 5.78 Å². The van der Waals surface area contributed by atoms with Crippen LogP contribution in [0.3, 0.4) is 0 Å². The normalized spacial score (nSPS) is 13.2. The first-order chi connectivity index (χ1) is 14.6. The second-order valence-electron chi connectivity index (χ2n) is 6.93. The number of nitrogens with one attached hydrogen (secondary N) is 1. The predicted molar refractivity (Wildman–Crippen MR) is 99.1 cm³/mol. The summed E-state index contributed by atoms with van der Waals surface area (Å²) in [6.07, 6.45) is -5.17. The summed E-state index contributed by atoms with van der Waals surface area (Å²) in [5.41, 5.74) is -1.52. The molecule has 0 aliphatic carbocycles. The Morgan fingerprint density at radius 2 is 1.71 bits per heavy atom. The molecule has 0 saturated carbocycles. The average Bonchev–Trinajstić information content (AvgIpc) is 3.23. The van der Waals surface area contributed by atoms with Crippen LogP contribution in [0, 0.1) is 0 Å². The van der Waals surface area contributed by atoms with Crippen molar-refractivity contribution in [2.75, 3.05) is 0 Å². The van der Waals surface area contributed by atoms with E-state index in [4.69, 9.17) is 0 Å². The van der Waals surface area contributed by atoms with Crippen molar-refractivity contribution in [1.29, 1.82) is 0 Å². The van der Waals surface area contributed by atoms with Gasteiger partial charge in [-0.05, 0) is 36.2 Å². The Balaban J connectivity index is 1.94. The first-order valence-electron chi connectivity index (χ1n) is 9.24. The molecule has 0 aliphatic rings. The molecular formula is C21H17F6N3O. The molecule has 3 rings (SSSR count). The van der Waals surface area contributed by atoms with E-state index in [1.54, 1.807) is 0 Å². The summed E-state index contributed by atoms with van der Waals surface area (Å²) in [6, 6.07) is 5.71. The van der Waals surface area contributed by atoms with Crippen LogP contribution in [0.5, 0.6) is 0 Å². The van der Waals surface area contributed by atoms with Crippen LogP contribution in [0.1, 0.15) is 46.8 Å². The number of carbonyl (C=O) groups excluding carboxylic acids is 1. The molecule has 0 fully saturated rings. The fourth-order valence-electron chi connectivity index (χ4n) is 3.24. The van der Waals surface area contributed by atoms with Crippen LogP contribution in [-0.2, 0) is 23.6 Å². The van der Waals surface area contributed by atoms with E-state index < -0.39 is 35.1 Å². The van der Waals surface area contributed by atoms with E-state index >= 15 is 0 Å². The number of alkyl halides is 6. The van der Waals surface area contributed by atoms with Crippen molar-refractivity contribution in [1.82, 2.24) is 15.0 Å². The quantitative estimate of drug-likeness (QED) is 0.488. The van der Waals surface area contributed by atoms with E-state index in [2.05, 4.69) is 15.0 Å². The summed E-state index contributed by atoms with van der Waals surface area (Å²) in [6.45, 7) is 0. The predicted octanol–water partition coefficient (Wildman–Crippen LogP) is 5.57. The molecule has 0 unspecified atom stereocenters. The highest BCUT2D eigenvalue weighted by atomic mass is 19.4. The van der Waals surface area contributed by atoms with Gasteiger partial charge in [0.2, 0.25) is 0 Å². The SMILES string of the molecule is O=C(CCc1cnc[nH]1)C[C@@H](c1ccc(C(F)(F)F)cc1)c1ncccc1C(F)(F)F. The number of hydrogen-bond donors (Lipinski definition) is 1. The Morgan fingerprint density at radius 3 is 2.29 bits per heavy atom. The van der Waals surface area contributed by atoms with Gasteiger partial charge in [0.25, 0.3) is 0 Å². The molecule has 2 aromatic heterocycles. The number of aryl methyl sites for hydroxylation is 1. The first kappa shape index (κ1) is 22.5. The zero-order valence-electron chi connectivity index (χ0n) is 16.0. The van der Waals surface area contributed by atoms with Gasteiger partial charge in [-0.3, -0.25) is 9.78 Å². The summed E-state index contributed by atoms with van der Waals surface area (Å²) in [4.78, 5) is 23.1. The minimum absolute atomic E-state index is 0.0352. The van der Waals surface area contributed by atoms with Gasteiger partial charge in [0, 0.05) is 36.8 Å². The van der Waals surface area contributed by atoms with Gasteiger partial charge in [-0.15, -0.1) is 0 Å². The smallest absolute Gasteiger partial charge is 0.348 e. The molecule has 1 N–H and O–H groups in total. The lowest BCUT2D eigenvalue weighted by atomic mass is 9.86. The highest BCUT2D eigenvalue weighted by Crippen LogP contribution is 2.39. The molecule has 164 valence electrons. The summed E-state index contributed by atoms with van der Waals surface area (Å²) in [5, 5.41) is 0. The lowest BCUT2D eigenvalue weighted by Crippen LogP contribution is -2.17. The molecule has 1 atom stereocenters. The first-order valence-corrected chi connectivity index (χ1v) is 9.24. The zero-order valence-corrected chi connectivity index (χ0v) is 16.0. The third-order valence-electron chi connectivity index (χ3n) is 4.77. The molecule has 0 spiro atoms. The molecule has 0 saturated heterocycles. The molecule has 0 aliphatic heterocycles. The topological polar surface area (TPSA) is 58.6 Å². The largest absolute Gasteiger partial charge is 0.418 e. The minimum Gasteiger partial charge on any atom is -0.348 e. The van der Waals surface area contributed by atoms with Crippen LogP contribution in [0.2, 0.25) is 0 Å². The van der Waals surface area contributed by atoms with Crippen molar-refractivity contribution < 1.29 is 31.1 Å². The van der Waals surface area contributed by atoms with Crippen molar-refractivity contribution in [3.05, 3.63) is 83.2 Å². The van der Waals surface area contributed by atoms with E-state index in [0.29, 0.717) is 12.1 Å². The number of aromatic amines is 1. The number of rotatable bonds is 7. The Morgan fingerprint density at radius 1 is 1.00 bits per heavy atom.